The number of benzene rings is 1. The van der Waals surface area contributed by atoms with Gasteiger partial charge >= 0.3 is 0 Å². The molecule has 0 unspecified atom stereocenters. The van der Waals surface area contributed by atoms with Crippen LogP contribution in [0.4, 0.5) is 0 Å². The van der Waals surface area contributed by atoms with E-state index in [9.17, 15) is 4.79 Å². The predicted molar refractivity (Wildman–Crippen MR) is 134 cm³/mol. The highest BCUT2D eigenvalue weighted by atomic mass is 127. The molecular weight excluding hydrogens is 499 g/mol. The van der Waals surface area contributed by atoms with E-state index in [4.69, 9.17) is 9.73 Å². The molecule has 29 heavy (non-hydrogen) atoms. The number of carbonyl (C=O) groups excluding carboxylic acids is 1. The molecule has 2 rings (SSSR count). The van der Waals surface area contributed by atoms with Crippen LogP contribution in [0.5, 0.6) is 0 Å². The van der Waals surface area contributed by atoms with Crippen molar-refractivity contribution in [3.05, 3.63) is 35.4 Å². The fraction of sp³-hybridized carbons (Fsp3) is 0.619. The van der Waals surface area contributed by atoms with Gasteiger partial charge in [0.15, 0.2) is 5.96 Å². The average Bonchev–Trinajstić information content (AvgIpc) is 2.72. The molecule has 0 spiro atoms. The molecule has 0 atom stereocenters. The summed E-state index contributed by atoms with van der Waals surface area (Å²) in [5, 5.41) is 9.44. The third-order valence-electron chi connectivity index (χ3n) is 4.85. The average molecular weight is 535 g/mol. The zero-order valence-corrected chi connectivity index (χ0v) is 20.9. The van der Waals surface area contributed by atoms with Gasteiger partial charge in [-0.2, -0.15) is 11.8 Å². The number of thioether (sulfide) groups is 1. The number of ether oxygens (including phenoxy) is 1. The Morgan fingerprint density at radius 2 is 2.00 bits per heavy atom. The molecule has 1 aromatic carbocycles. The minimum Gasteiger partial charge on any atom is -0.381 e. The zero-order valence-electron chi connectivity index (χ0n) is 17.8. The van der Waals surface area contributed by atoms with Crippen LogP contribution in [0.25, 0.3) is 0 Å². The molecule has 164 valence electrons. The number of nitrogens with one attached hydrogen (secondary N) is 3. The fourth-order valence-corrected chi connectivity index (χ4v) is 4.52. The number of aliphatic imine (C=N–C) groups is 1. The largest absolute Gasteiger partial charge is 0.381 e. The van der Waals surface area contributed by atoms with E-state index in [1.807, 2.05) is 36.0 Å². The van der Waals surface area contributed by atoms with Crippen molar-refractivity contribution in [3.63, 3.8) is 0 Å². The molecule has 0 bridgehead atoms. The molecule has 8 heteroatoms. The van der Waals surface area contributed by atoms with Crippen molar-refractivity contribution in [3.8, 4) is 0 Å². The first-order valence-electron chi connectivity index (χ1n) is 10.2. The van der Waals surface area contributed by atoms with Gasteiger partial charge in [0.05, 0.1) is 6.54 Å². The third-order valence-corrected chi connectivity index (χ3v) is 6.28. The highest BCUT2D eigenvalue weighted by molar-refractivity contribution is 14.0. The molecule has 1 aromatic rings. The first-order chi connectivity index (χ1) is 13.6. The quantitative estimate of drug-likeness (QED) is 0.258. The van der Waals surface area contributed by atoms with Crippen LogP contribution < -0.4 is 16.0 Å². The van der Waals surface area contributed by atoms with Crippen LogP contribution in [0.15, 0.2) is 29.3 Å². The minimum absolute atomic E-state index is 0. The van der Waals surface area contributed by atoms with Gasteiger partial charge < -0.3 is 20.7 Å². The Morgan fingerprint density at radius 3 is 2.66 bits per heavy atom. The summed E-state index contributed by atoms with van der Waals surface area (Å²) in [4.78, 5) is 16.7. The van der Waals surface area contributed by atoms with Gasteiger partial charge in [-0.25, -0.2) is 0 Å². The lowest BCUT2D eigenvalue weighted by Gasteiger charge is -2.35. The summed E-state index contributed by atoms with van der Waals surface area (Å²) in [6.45, 7) is 8.34. The number of amides is 1. The molecular formula is C21H35IN4O2S. The van der Waals surface area contributed by atoms with Crippen molar-refractivity contribution in [1.82, 2.24) is 16.0 Å². The molecule has 0 radical (unpaired) electrons. The number of rotatable bonds is 9. The Labute approximate surface area is 196 Å². The lowest BCUT2D eigenvalue weighted by Crippen LogP contribution is -2.41. The van der Waals surface area contributed by atoms with Gasteiger partial charge in [-0.15, -0.1) is 24.0 Å². The van der Waals surface area contributed by atoms with Gasteiger partial charge in [0, 0.05) is 43.7 Å². The van der Waals surface area contributed by atoms with Crippen molar-refractivity contribution >= 4 is 47.6 Å². The molecule has 0 saturated carbocycles. The maximum absolute atomic E-state index is 11.8. The minimum atomic E-state index is -0.0557. The highest BCUT2D eigenvalue weighted by Gasteiger charge is 2.32. The Kier molecular flexibility index (Phi) is 12.6. The number of halogens is 1. The third kappa shape index (κ3) is 8.72. The van der Waals surface area contributed by atoms with Crippen molar-refractivity contribution in [1.29, 1.82) is 0 Å². The first-order valence-corrected chi connectivity index (χ1v) is 11.2. The van der Waals surface area contributed by atoms with E-state index in [0.717, 1.165) is 69.4 Å². The van der Waals surface area contributed by atoms with Crippen molar-refractivity contribution in [2.75, 3.05) is 45.6 Å². The van der Waals surface area contributed by atoms with Gasteiger partial charge in [0.2, 0.25) is 0 Å². The Balaban J connectivity index is 0.00000420. The molecule has 1 amide bonds. The van der Waals surface area contributed by atoms with Crippen LogP contribution in [0.2, 0.25) is 0 Å². The predicted octanol–water partition coefficient (Wildman–Crippen LogP) is 3.06. The normalized spacial score (nSPS) is 15.9. The number of hydrogen-bond acceptors (Lipinski definition) is 4. The van der Waals surface area contributed by atoms with Crippen LogP contribution in [0.3, 0.4) is 0 Å². The summed E-state index contributed by atoms with van der Waals surface area (Å²) in [7, 11) is 1.65. The van der Waals surface area contributed by atoms with E-state index in [1.54, 1.807) is 7.05 Å². The summed E-state index contributed by atoms with van der Waals surface area (Å²) in [5.41, 5.74) is 1.82. The van der Waals surface area contributed by atoms with E-state index in [-0.39, 0.29) is 34.6 Å². The molecule has 1 fully saturated rings. The molecule has 1 aliphatic rings. The van der Waals surface area contributed by atoms with E-state index >= 15 is 0 Å². The van der Waals surface area contributed by atoms with Crippen LogP contribution in [-0.2, 0) is 11.2 Å². The Bertz CT molecular complexity index is 646. The topological polar surface area (TPSA) is 74.8 Å². The van der Waals surface area contributed by atoms with Crippen LogP contribution in [0.1, 0.15) is 42.6 Å². The maximum Gasteiger partial charge on any atom is 0.251 e. The highest BCUT2D eigenvalue weighted by Crippen LogP contribution is 2.35. The standard InChI is InChI=1S/C21H34N4O2S.HI/c1-4-23-20(25-16-21(28-5-2)10-13-27-14-11-21)24-12-9-17-7-6-8-18(15-17)19(26)22-3;/h6-8,15H,4-5,9-14,16H2,1-3H3,(H,22,26)(H2,23,24,25);1H. The second-order valence-electron chi connectivity index (χ2n) is 6.88. The van der Waals surface area contributed by atoms with Crippen molar-refractivity contribution in [2.45, 2.75) is 37.9 Å². The maximum atomic E-state index is 11.8. The Hall–Kier alpha value is -1.00. The lowest BCUT2D eigenvalue weighted by atomic mass is 9.99. The molecule has 0 aromatic heterocycles. The molecule has 0 aliphatic carbocycles. The SMILES string of the molecule is CCNC(=NCC1(SCC)CCOCC1)NCCc1cccc(C(=O)NC)c1.I. The summed E-state index contributed by atoms with van der Waals surface area (Å²) < 4.78 is 5.74. The van der Waals surface area contributed by atoms with E-state index < -0.39 is 0 Å². The van der Waals surface area contributed by atoms with Crippen molar-refractivity contribution in [2.24, 2.45) is 4.99 Å². The van der Waals surface area contributed by atoms with Crippen LogP contribution in [0, 0.1) is 0 Å². The fourth-order valence-electron chi connectivity index (χ4n) is 3.30. The monoisotopic (exact) mass is 534 g/mol. The van der Waals surface area contributed by atoms with Gasteiger partial charge in [-0.1, -0.05) is 19.1 Å². The Morgan fingerprint density at radius 1 is 1.24 bits per heavy atom. The number of hydrogen-bond donors (Lipinski definition) is 3. The summed E-state index contributed by atoms with van der Waals surface area (Å²) >= 11 is 2.01. The van der Waals surface area contributed by atoms with Crippen LogP contribution >= 0.6 is 35.7 Å². The number of guanidine groups is 1. The lowest BCUT2D eigenvalue weighted by molar-refractivity contribution is 0.0793. The summed E-state index contributed by atoms with van der Waals surface area (Å²) in [6.07, 6.45) is 2.94. The summed E-state index contributed by atoms with van der Waals surface area (Å²) in [6, 6.07) is 7.75. The number of nitrogens with zero attached hydrogens (tertiary/aromatic N) is 1. The van der Waals surface area contributed by atoms with Gasteiger partial charge in [0.25, 0.3) is 5.91 Å². The molecule has 3 N–H and O–H groups in total. The van der Waals surface area contributed by atoms with Gasteiger partial charge in [-0.3, -0.25) is 9.79 Å². The van der Waals surface area contributed by atoms with Crippen molar-refractivity contribution < 1.29 is 9.53 Å². The second-order valence-corrected chi connectivity index (χ2v) is 8.61. The van der Waals surface area contributed by atoms with Crippen LogP contribution in [-0.4, -0.2) is 62.3 Å². The van der Waals surface area contributed by atoms with Gasteiger partial charge in [0.1, 0.15) is 0 Å². The van der Waals surface area contributed by atoms with Gasteiger partial charge in [-0.05, 0) is 49.6 Å². The second kappa shape index (κ2) is 14.1. The van der Waals surface area contributed by atoms with E-state index in [2.05, 4.69) is 29.8 Å². The molecule has 1 saturated heterocycles. The molecule has 6 nitrogen and oxygen atoms in total. The first kappa shape index (κ1) is 26.0. The molecule has 1 aliphatic heterocycles. The van der Waals surface area contributed by atoms with E-state index in [1.165, 1.54) is 0 Å². The van der Waals surface area contributed by atoms with E-state index in [0.29, 0.717) is 5.56 Å². The smallest absolute Gasteiger partial charge is 0.251 e. The molecule has 1 heterocycles. The number of carbonyl (C=O) groups is 1. The zero-order chi connectivity index (χ0) is 20.2. The summed E-state index contributed by atoms with van der Waals surface area (Å²) in [5.74, 6) is 1.90.